The van der Waals surface area contributed by atoms with E-state index in [1.165, 1.54) is 16.7 Å². The summed E-state index contributed by atoms with van der Waals surface area (Å²) in [5, 5.41) is 0.677. The fraction of sp³-hybridized carbons (Fsp3) is 0.250. The topological polar surface area (TPSA) is 48.0 Å². The van der Waals surface area contributed by atoms with Crippen molar-refractivity contribution in [2.75, 3.05) is 26.4 Å². The van der Waals surface area contributed by atoms with E-state index in [0.29, 0.717) is 58.5 Å². The molecule has 0 N–H and O–H groups in total. The maximum Gasteiger partial charge on any atom is 0.266 e. The van der Waals surface area contributed by atoms with Gasteiger partial charge in [0.15, 0.2) is 11.5 Å². The number of hydrogen-bond donors (Lipinski definition) is 0. The predicted octanol–water partition coefficient (Wildman–Crippen LogP) is 5.97. The van der Waals surface area contributed by atoms with Crippen LogP contribution in [0.5, 0.6) is 17.2 Å². The molecule has 0 aliphatic carbocycles. The van der Waals surface area contributed by atoms with Crippen molar-refractivity contribution >= 4 is 51.9 Å². The predicted molar refractivity (Wildman–Crippen MR) is 135 cm³/mol. The second-order valence-corrected chi connectivity index (χ2v) is 8.84. The smallest absolute Gasteiger partial charge is 0.266 e. The minimum Gasteiger partial charge on any atom is -0.493 e. The number of halogens is 1. The molecule has 2 aromatic rings. The third-order valence-electron chi connectivity index (χ3n) is 4.38. The zero-order chi connectivity index (χ0) is 22.9. The average molecular weight is 490 g/mol. The molecule has 0 unspecified atom stereocenters. The maximum atomic E-state index is 12.5. The summed E-state index contributed by atoms with van der Waals surface area (Å²) in [5.41, 5.74) is 0.839. The second kappa shape index (κ2) is 11.9. The molecule has 0 aromatic heterocycles. The highest BCUT2D eigenvalue weighted by atomic mass is 35.5. The summed E-state index contributed by atoms with van der Waals surface area (Å²) in [6.07, 6.45) is 4.18. The van der Waals surface area contributed by atoms with Crippen LogP contribution in [0.3, 0.4) is 0 Å². The summed E-state index contributed by atoms with van der Waals surface area (Å²) in [5.74, 6) is 1.93. The molecule has 1 aliphatic rings. The number of carbonyl (C=O) groups excluding carboxylic acids is 1. The summed E-state index contributed by atoms with van der Waals surface area (Å²) in [4.78, 5) is 14.6. The lowest BCUT2D eigenvalue weighted by Gasteiger charge is -2.13. The van der Waals surface area contributed by atoms with Crippen molar-refractivity contribution in [1.82, 2.24) is 4.90 Å². The van der Waals surface area contributed by atoms with Gasteiger partial charge in [0.1, 0.15) is 10.1 Å². The molecule has 1 aliphatic heterocycles. The highest BCUT2D eigenvalue weighted by molar-refractivity contribution is 8.26. The minimum absolute atomic E-state index is 0.112. The Balaban J connectivity index is 1.59. The van der Waals surface area contributed by atoms with Crippen molar-refractivity contribution in [3.05, 3.63) is 70.6 Å². The number of benzene rings is 2. The van der Waals surface area contributed by atoms with E-state index in [0.717, 1.165) is 11.3 Å². The van der Waals surface area contributed by atoms with Crippen molar-refractivity contribution < 1.29 is 19.0 Å². The Morgan fingerprint density at radius 3 is 2.56 bits per heavy atom. The zero-order valence-electron chi connectivity index (χ0n) is 17.7. The normalized spacial score (nSPS) is 14.7. The van der Waals surface area contributed by atoms with Gasteiger partial charge in [-0.2, -0.15) is 0 Å². The monoisotopic (exact) mass is 489 g/mol. The Labute approximate surface area is 203 Å². The molecule has 5 nitrogen and oxygen atoms in total. The first-order chi connectivity index (χ1) is 15.5. The van der Waals surface area contributed by atoms with Crippen LogP contribution in [0.1, 0.15) is 18.9 Å². The molecule has 168 valence electrons. The van der Waals surface area contributed by atoms with Crippen molar-refractivity contribution in [2.24, 2.45) is 0 Å². The highest BCUT2D eigenvalue weighted by Crippen LogP contribution is 2.35. The lowest BCUT2D eigenvalue weighted by molar-refractivity contribution is -0.121. The van der Waals surface area contributed by atoms with E-state index in [2.05, 4.69) is 6.58 Å². The number of amides is 1. The standard InChI is InChI=1S/C24H24ClNO4S2/c1-3-12-26-23(27)22(32-24(26)31)16-17-6-11-20(21(15-17)28-4-2)30-14-5-13-29-19-9-7-18(25)8-10-19/h3,6-11,15-16H,1,4-5,12-14H2,2H3/b22-16+. The first kappa shape index (κ1) is 24.2. The second-order valence-electron chi connectivity index (χ2n) is 6.72. The van der Waals surface area contributed by atoms with Gasteiger partial charge in [0.2, 0.25) is 0 Å². The number of hydrogen-bond acceptors (Lipinski definition) is 6. The molecule has 0 atom stereocenters. The molecular weight excluding hydrogens is 466 g/mol. The van der Waals surface area contributed by atoms with Crippen LogP contribution in [0.2, 0.25) is 5.02 Å². The first-order valence-electron chi connectivity index (χ1n) is 10.2. The summed E-state index contributed by atoms with van der Waals surface area (Å²) in [6, 6.07) is 12.9. The molecule has 32 heavy (non-hydrogen) atoms. The summed E-state index contributed by atoms with van der Waals surface area (Å²) in [7, 11) is 0. The van der Waals surface area contributed by atoms with Gasteiger partial charge in [0, 0.05) is 18.0 Å². The van der Waals surface area contributed by atoms with E-state index in [1.807, 2.05) is 43.3 Å². The van der Waals surface area contributed by atoms with Crippen molar-refractivity contribution in [1.29, 1.82) is 0 Å². The number of nitrogens with zero attached hydrogens (tertiary/aromatic N) is 1. The van der Waals surface area contributed by atoms with Gasteiger partial charge in [-0.1, -0.05) is 47.7 Å². The van der Waals surface area contributed by atoms with Crippen molar-refractivity contribution in [2.45, 2.75) is 13.3 Å². The maximum absolute atomic E-state index is 12.5. The Kier molecular flexibility index (Phi) is 9.02. The number of ether oxygens (including phenoxy) is 3. The van der Waals surface area contributed by atoms with Gasteiger partial charge in [0.05, 0.1) is 24.7 Å². The highest BCUT2D eigenvalue weighted by Gasteiger charge is 2.31. The third-order valence-corrected chi connectivity index (χ3v) is 6.01. The molecule has 1 saturated heterocycles. The van der Waals surface area contributed by atoms with E-state index in [-0.39, 0.29) is 5.91 Å². The number of thiocarbonyl (C=S) groups is 1. The Morgan fingerprint density at radius 1 is 1.09 bits per heavy atom. The van der Waals surface area contributed by atoms with E-state index < -0.39 is 0 Å². The molecule has 0 spiro atoms. The van der Waals surface area contributed by atoms with Crippen LogP contribution >= 0.6 is 35.6 Å². The van der Waals surface area contributed by atoms with Gasteiger partial charge in [-0.25, -0.2) is 0 Å². The van der Waals surface area contributed by atoms with Gasteiger partial charge in [0.25, 0.3) is 5.91 Å². The van der Waals surface area contributed by atoms with Gasteiger partial charge in [-0.3, -0.25) is 9.69 Å². The van der Waals surface area contributed by atoms with Gasteiger partial charge >= 0.3 is 0 Å². The number of carbonyl (C=O) groups is 1. The van der Waals surface area contributed by atoms with Gasteiger partial charge < -0.3 is 14.2 Å². The average Bonchev–Trinajstić information content (AvgIpc) is 3.04. The Hall–Kier alpha value is -2.48. The molecular formula is C24H24ClNO4S2. The first-order valence-corrected chi connectivity index (χ1v) is 11.8. The van der Waals surface area contributed by atoms with Crippen molar-refractivity contribution in [3.8, 4) is 17.2 Å². The summed E-state index contributed by atoms with van der Waals surface area (Å²) >= 11 is 12.5. The molecule has 0 saturated carbocycles. The van der Waals surface area contributed by atoms with E-state index >= 15 is 0 Å². The van der Waals surface area contributed by atoms with Crippen LogP contribution in [0.25, 0.3) is 6.08 Å². The number of rotatable bonds is 11. The zero-order valence-corrected chi connectivity index (χ0v) is 20.1. The van der Waals surface area contributed by atoms with Crippen LogP contribution in [0.15, 0.2) is 60.0 Å². The molecule has 0 radical (unpaired) electrons. The van der Waals surface area contributed by atoms with E-state index in [1.54, 1.807) is 18.2 Å². The molecule has 1 heterocycles. The minimum atomic E-state index is -0.112. The van der Waals surface area contributed by atoms with Crippen LogP contribution < -0.4 is 14.2 Å². The molecule has 8 heteroatoms. The molecule has 0 bridgehead atoms. The Morgan fingerprint density at radius 2 is 1.84 bits per heavy atom. The van der Waals surface area contributed by atoms with E-state index in [9.17, 15) is 4.79 Å². The van der Waals surface area contributed by atoms with Crippen LogP contribution in [-0.4, -0.2) is 41.5 Å². The summed E-state index contributed by atoms with van der Waals surface area (Å²) < 4.78 is 17.9. The van der Waals surface area contributed by atoms with Crippen LogP contribution in [0.4, 0.5) is 0 Å². The van der Waals surface area contributed by atoms with Crippen LogP contribution in [-0.2, 0) is 4.79 Å². The fourth-order valence-corrected chi connectivity index (χ4v) is 4.30. The lowest BCUT2D eigenvalue weighted by atomic mass is 10.2. The molecule has 3 rings (SSSR count). The molecule has 2 aromatic carbocycles. The lowest BCUT2D eigenvalue weighted by Crippen LogP contribution is -2.27. The molecule has 1 amide bonds. The number of thioether (sulfide) groups is 1. The molecule has 1 fully saturated rings. The van der Waals surface area contributed by atoms with E-state index in [4.69, 9.17) is 38.0 Å². The summed E-state index contributed by atoms with van der Waals surface area (Å²) in [6.45, 7) is 7.49. The third kappa shape index (κ3) is 6.51. The fourth-order valence-electron chi connectivity index (χ4n) is 2.90. The van der Waals surface area contributed by atoms with Crippen molar-refractivity contribution in [3.63, 3.8) is 0 Å². The van der Waals surface area contributed by atoms with Crippen LogP contribution in [0, 0.1) is 0 Å². The largest absolute Gasteiger partial charge is 0.493 e. The van der Waals surface area contributed by atoms with Gasteiger partial charge in [-0.05, 0) is 55.0 Å². The Bertz CT molecular complexity index is 1010. The quantitative estimate of drug-likeness (QED) is 0.168. The van der Waals surface area contributed by atoms with Gasteiger partial charge in [-0.15, -0.1) is 6.58 Å². The SMILES string of the molecule is C=CCN1C(=O)/C(=C\c2ccc(OCCCOc3ccc(Cl)cc3)c(OCC)c2)SC1=S.